The Hall–Kier alpha value is -2.96. The van der Waals surface area contributed by atoms with E-state index in [9.17, 15) is 4.79 Å². The molecule has 7 heteroatoms. The second-order valence-corrected chi connectivity index (χ2v) is 7.31. The summed E-state index contributed by atoms with van der Waals surface area (Å²) in [5, 5.41) is 10.2. The lowest BCUT2D eigenvalue weighted by Crippen LogP contribution is -2.11. The van der Waals surface area contributed by atoms with Crippen LogP contribution in [0.5, 0.6) is 0 Å². The summed E-state index contributed by atoms with van der Waals surface area (Å²) in [5.41, 5.74) is 3.46. The summed E-state index contributed by atoms with van der Waals surface area (Å²) in [7, 11) is 0. The summed E-state index contributed by atoms with van der Waals surface area (Å²) in [5.74, 6) is 0.0920. The van der Waals surface area contributed by atoms with E-state index in [2.05, 4.69) is 15.5 Å². The molecule has 0 saturated heterocycles. The molecule has 0 bridgehead atoms. The van der Waals surface area contributed by atoms with Crippen molar-refractivity contribution >= 4 is 34.5 Å². The molecule has 2 aromatic carbocycles. The number of nitrogens with one attached hydrogen (secondary N) is 1. The zero-order valence-electron chi connectivity index (χ0n) is 14.3. The monoisotopic (exact) mass is 395 g/mol. The van der Waals surface area contributed by atoms with Gasteiger partial charge in [0.25, 0.3) is 5.91 Å². The second-order valence-electron chi connectivity index (χ2n) is 5.84. The van der Waals surface area contributed by atoms with Gasteiger partial charge in [-0.2, -0.15) is 0 Å². The van der Waals surface area contributed by atoms with Gasteiger partial charge in [0.15, 0.2) is 11.5 Å². The first kappa shape index (κ1) is 17.5. The van der Waals surface area contributed by atoms with E-state index in [-0.39, 0.29) is 11.6 Å². The van der Waals surface area contributed by atoms with E-state index in [0.29, 0.717) is 22.0 Å². The van der Waals surface area contributed by atoms with E-state index >= 15 is 0 Å². The Balaban J connectivity index is 1.49. The van der Waals surface area contributed by atoms with Gasteiger partial charge in [0.05, 0.1) is 15.7 Å². The fourth-order valence-electron chi connectivity index (χ4n) is 2.59. The first-order valence-corrected chi connectivity index (χ1v) is 9.41. The predicted octanol–water partition coefficient (Wildman–Crippen LogP) is 5.68. The standard InChI is InChI=1S/C20H14ClN3O2S/c1-12-22-18(11-27-12)13-6-8-14(9-7-13)23-20(25)17-10-19(26-24-17)15-4-2-3-5-16(15)21/h2-11H,1H3,(H,23,25). The molecule has 2 heterocycles. The van der Waals surface area contributed by atoms with Crippen LogP contribution in [0.15, 0.2) is 64.5 Å². The number of halogens is 1. The van der Waals surface area contributed by atoms with Crippen molar-refractivity contribution < 1.29 is 9.32 Å². The van der Waals surface area contributed by atoms with E-state index in [1.807, 2.05) is 54.8 Å². The Morgan fingerprint density at radius 1 is 1.15 bits per heavy atom. The highest BCUT2D eigenvalue weighted by Crippen LogP contribution is 2.28. The zero-order valence-corrected chi connectivity index (χ0v) is 15.8. The largest absolute Gasteiger partial charge is 0.355 e. The highest BCUT2D eigenvalue weighted by molar-refractivity contribution is 7.09. The fourth-order valence-corrected chi connectivity index (χ4v) is 3.44. The molecule has 0 unspecified atom stereocenters. The average Bonchev–Trinajstić information content (AvgIpc) is 3.32. The van der Waals surface area contributed by atoms with Crippen LogP contribution in [0.4, 0.5) is 5.69 Å². The Kier molecular flexibility index (Phi) is 4.75. The molecule has 5 nitrogen and oxygen atoms in total. The van der Waals surface area contributed by atoms with Crippen LogP contribution in [-0.4, -0.2) is 16.0 Å². The summed E-state index contributed by atoms with van der Waals surface area (Å²) in [6.07, 6.45) is 0. The number of aryl methyl sites for hydroxylation is 1. The van der Waals surface area contributed by atoms with Gasteiger partial charge in [0.1, 0.15) is 0 Å². The number of anilines is 1. The molecule has 4 rings (SSSR count). The predicted molar refractivity (Wildman–Crippen MR) is 107 cm³/mol. The number of carbonyl (C=O) groups excluding carboxylic acids is 1. The molecule has 1 amide bonds. The van der Waals surface area contributed by atoms with E-state index in [4.69, 9.17) is 16.1 Å². The first-order chi connectivity index (χ1) is 13.1. The van der Waals surface area contributed by atoms with Gasteiger partial charge in [0, 0.05) is 28.3 Å². The first-order valence-electron chi connectivity index (χ1n) is 8.16. The summed E-state index contributed by atoms with van der Waals surface area (Å²) in [4.78, 5) is 16.9. The number of aromatic nitrogens is 2. The van der Waals surface area contributed by atoms with Crippen molar-refractivity contribution in [1.29, 1.82) is 0 Å². The van der Waals surface area contributed by atoms with E-state index in [1.165, 1.54) is 0 Å². The number of hydrogen-bond donors (Lipinski definition) is 1. The second kappa shape index (κ2) is 7.34. The average molecular weight is 396 g/mol. The molecule has 0 aliphatic carbocycles. The maximum Gasteiger partial charge on any atom is 0.277 e. The summed E-state index contributed by atoms with van der Waals surface area (Å²) in [6, 6.07) is 16.3. The van der Waals surface area contributed by atoms with Crippen molar-refractivity contribution in [3.05, 3.63) is 75.7 Å². The zero-order chi connectivity index (χ0) is 18.8. The third-order valence-corrected chi connectivity index (χ3v) is 5.04. The molecule has 0 saturated carbocycles. The Labute approximate surface area is 164 Å². The van der Waals surface area contributed by atoms with E-state index in [1.54, 1.807) is 23.5 Å². The van der Waals surface area contributed by atoms with Crippen LogP contribution < -0.4 is 5.32 Å². The number of thiazole rings is 1. The number of carbonyl (C=O) groups is 1. The molecule has 1 N–H and O–H groups in total. The molecule has 0 radical (unpaired) electrons. The van der Waals surface area contributed by atoms with Crippen molar-refractivity contribution in [3.63, 3.8) is 0 Å². The van der Waals surface area contributed by atoms with E-state index in [0.717, 1.165) is 16.3 Å². The molecule has 0 fully saturated rings. The summed E-state index contributed by atoms with van der Waals surface area (Å²) in [6.45, 7) is 1.97. The Bertz CT molecular complexity index is 1100. The lowest BCUT2D eigenvalue weighted by atomic mass is 10.1. The minimum absolute atomic E-state index is 0.184. The summed E-state index contributed by atoms with van der Waals surface area (Å²) >= 11 is 7.76. The molecule has 0 aliphatic rings. The maximum absolute atomic E-state index is 12.4. The van der Waals surface area contributed by atoms with Crippen LogP contribution in [-0.2, 0) is 0 Å². The van der Waals surface area contributed by atoms with Gasteiger partial charge in [-0.25, -0.2) is 4.98 Å². The minimum atomic E-state index is -0.352. The molecule has 4 aromatic rings. The molecule has 0 atom stereocenters. The Morgan fingerprint density at radius 3 is 2.63 bits per heavy atom. The Morgan fingerprint density at radius 2 is 1.93 bits per heavy atom. The minimum Gasteiger partial charge on any atom is -0.355 e. The third kappa shape index (κ3) is 3.77. The number of rotatable bonds is 4. The van der Waals surface area contributed by atoms with Crippen LogP contribution in [0.2, 0.25) is 5.02 Å². The van der Waals surface area contributed by atoms with Gasteiger partial charge >= 0.3 is 0 Å². The van der Waals surface area contributed by atoms with Crippen LogP contribution in [0, 0.1) is 6.92 Å². The molecule has 0 aliphatic heterocycles. The SMILES string of the molecule is Cc1nc(-c2ccc(NC(=O)c3cc(-c4ccccc4Cl)on3)cc2)cs1. The number of nitrogens with zero attached hydrogens (tertiary/aromatic N) is 2. The quantitative estimate of drug-likeness (QED) is 0.482. The highest BCUT2D eigenvalue weighted by Gasteiger charge is 2.15. The van der Waals surface area contributed by atoms with Crippen molar-refractivity contribution in [2.75, 3.05) is 5.32 Å². The fraction of sp³-hybridized carbons (Fsp3) is 0.0500. The topological polar surface area (TPSA) is 68.0 Å². The van der Waals surface area contributed by atoms with Gasteiger partial charge in [0.2, 0.25) is 0 Å². The highest BCUT2D eigenvalue weighted by atomic mass is 35.5. The van der Waals surface area contributed by atoms with Gasteiger partial charge in [-0.15, -0.1) is 11.3 Å². The molecule has 0 spiro atoms. The van der Waals surface area contributed by atoms with Gasteiger partial charge in [-0.1, -0.05) is 41.0 Å². The smallest absolute Gasteiger partial charge is 0.277 e. The van der Waals surface area contributed by atoms with E-state index < -0.39 is 0 Å². The van der Waals surface area contributed by atoms with Crippen molar-refractivity contribution in [2.24, 2.45) is 0 Å². The van der Waals surface area contributed by atoms with Crippen molar-refractivity contribution in [3.8, 4) is 22.6 Å². The van der Waals surface area contributed by atoms with Crippen molar-refractivity contribution in [1.82, 2.24) is 10.1 Å². The lowest BCUT2D eigenvalue weighted by Gasteiger charge is -2.03. The number of amides is 1. The van der Waals surface area contributed by atoms with Crippen LogP contribution in [0.1, 0.15) is 15.5 Å². The van der Waals surface area contributed by atoms with Gasteiger partial charge in [-0.05, 0) is 31.2 Å². The van der Waals surface area contributed by atoms with Gasteiger partial charge < -0.3 is 9.84 Å². The molecule has 134 valence electrons. The molecule has 2 aromatic heterocycles. The van der Waals surface area contributed by atoms with Crippen LogP contribution >= 0.6 is 22.9 Å². The molecular weight excluding hydrogens is 382 g/mol. The van der Waals surface area contributed by atoms with Crippen molar-refractivity contribution in [2.45, 2.75) is 6.92 Å². The van der Waals surface area contributed by atoms with Crippen LogP contribution in [0.25, 0.3) is 22.6 Å². The number of hydrogen-bond acceptors (Lipinski definition) is 5. The van der Waals surface area contributed by atoms with Crippen LogP contribution in [0.3, 0.4) is 0 Å². The third-order valence-electron chi connectivity index (χ3n) is 3.94. The maximum atomic E-state index is 12.4. The number of benzene rings is 2. The molecular formula is C20H14ClN3O2S. The van der Waals surface area contributed by atoms with Gasteiger partial charge in [-0.3, -0.25) is 4.79 Å². The summed E-state index contributed by atoms with van der Waals surface area (Å²) < 4.78 is 5.27. The normalized spacial score (nSPS) is 10.7. The molecule has 27 heavy (non-hydrogen) atoms. The lowest BCUT2D eigenvalue weighted by molar-refractivity contribution is 0.101.